The number of benzene rings is 1. The highest BCUT2D eigenvalue weighted by molar-refractivity contribution is 6.31. The predicted octanol–water partition coefficient (Wildman–Crippen LogP) is 5.49. The molecular formula is C19H23ClF2O2. The summed E-state index contributed by atoms with van der Waals surface area (Å²) in [6.45, 7) is 3.65. The van der Waals surface area contributed by atoms with Crippen LogP contribution in [-0.4, -0.2) is 25.2 Å². The molecule has 0 bridgehead atoms. The Bertz CT molecular complexity index is 606. The van der Waals surface area contributed by atoms with Gasteiger partial charge < -0.3 is 9.47 Å². The van der Waals surface area contributed by atoms with E-state index < -0.39 is 17.8 Å². The first-order chi connectivity index (χ1) is 11.5. The van der Waals surface area contributed by atoms with Gasteiger partial charge in [-0.15, -0.1) is 0 Å². The third-order valence-corrected chi connectivity index (χ3v) is 4.50. The Morgan fingerprint density at radius 3 is 2.67 bits per heavy atom. The number of alkyl halides is 1. The highest BCUT2D eigenvalue weighted by Crippen LogP contribution is 2.27. The number of rotatable bonds is 6. The summed E-state index contributed by atoms with van der Waals surface area (Å²) in [6.07, 6.45) is 8.26. The van der Waals surface area contributed by atoms with E-state index in [2.05, 4.69) is 0 Å². The van der Waals surface area contributed by atoms with Gasteiger partial charge in [0.15, 0.2) is 12.0 Å². The standard InChI is InChI=1S/C19H23ClF2O2/c1-3-5-6-7-14-8-9-15(18(21)17(14)20)10-11-16-23-12-19(22,4-2)13-24-16/h3,5,8-11,16H,4,6-7,12-13H2,1-2H3. The van der Waals surface area contributed by atoms with Crippen LogP contribution in [0.5, 0.6) is 0 Å². The maximum absolute atomic E-state index is 14.4. The van der Waals surface area contributed by atoms with Gasteiger partial charge in [-0.1, -0.05) is 48.9 Å². The Morgan fingerprint density at radius 2 is 2.04 bits per heavy atom. The monoisotopic (exact) mass is 356 g/mol. The predicted molar refractivity (Wildman–Crippen MR) is 93.4 cm³/mol. The largest absolute Gasteiger partial charge is 0.346 e. The van der Waals surface area contributed by atoms with Crippen LogP contribution in [0.2, 0.25) is 5.02 Å². The Labute approximate surface area is 147 Å². The summed E-state index contributed by atoms with van der Waals surface area (Å²) < 4.78 is 39.0. The van der Waals surface area contributed by atoms with Crippen molar-refractivity contribution < 1.29 is 18.3 Å². The molecule has 24 heavy (non-hydrogen) atoms. The molecule has 1 aromatic rings. The average Bonchev–Trinajstić information content (AvgIpc) is 2.59. The molecule has 0 saturated carbocycles. The molecule has 1 aliphatic heterocycles. The zero-order chi connectivity index (χ0) is 17.6. The zero-order valence-electron chi connectivity index (χ0n) is 14.0. The first kappa shape index (κ1) is 19.1. The quantitative estimate of drug-likeness (QED) is 0.627. The number of ether oxygens (including phenoxy) is 2. The van der Waals surface area contributed by atoms with Crippen molar-refractivity contribution in [3.05, 3.63) is 52.3 Å². The van der Waals surface area contributed by atoms with E-state index in [-0.39, 0.29) is 18.2 Å². The Kier molecular flexibility index (Phi) is 6.96. The lowest BCUT2D eigenvalue weighted by molar-refractivity contribution is -0.211. The first-order valence-corrected chi connectivity index (χ1v) is 8.55. The molecule has 132 valence electrons. The maximum atomic E-state index is 14.4. The second-order valence-electron chi connectivity index (χ2n) is 5.90. The van der Waals surface area contributed by atoms with E-state index in [9.17, 15) is 8.78 Å². The molecule has 0 spiro atoms. The average molecular weight is 357 g/mol. The molecule has 1 saturated heterocycles. The third-order valence-electron chi connectivity index (χ3n) is 4.09. The highest BCUT2D eigenvalue weighted by Gasteiger charge is 2.34. The molecule has 1 aliphatic rings. The van der Waals surface area contributed by atoms with Gasteiger partial charge in [0, 0.05) is 5.56 Å². The molecule has 0 atom stereocenters. The van der Waals surface area contributed by atoms with E-state index in [1.54, 1.807) is 25.1 Å². The number of halogens is 3. The van der Waals surface area contributed by atoms with Gasteiger partial charge in [0.25, 0.3) is 0 Å². The van der Waals surface area contributed by atoms with Gasteiger partial charge >= 0.3 is 0 Å². The SMILES string of the molecule is CC=CCCc1ccc(C=CC2OCC(F)(CC)CO2)c(F)c1Cl. The molecule has 1 fully saturated rings. The molecule has 0 aliphatic carbocycles. The van der Waals surface area contributed by atoms with Crippen molar-refractivity contribution in [2.75, 3.05) is 13.2 Å². The molecule has 2 nitrogen and oxygen atoms in total. The molecule has 1 heterocycles. The highest BCUT2D eigenvalue weighted by atomic mass is 35.5. The van der Waals surface area contributed by atoms with Crippen molar-refractivity contribution in [1.29, 1.82) is 0 Å². The van der Waals surface area contributed by atoms with Crippen molar-refractivity contribution in [3.63, 3.8) is 0 Å². The van der Waals surface area contributed by atoms with E-state index in [0.717, 1.165) is 12.0 Å². The smallest absolute Gasteiger partial charge is 0.177 e. The minimum absolute atomic E-state index is 0.0222. The van der Waals surface area contributed by atoms with Gasteiger partial charge in [0.05, 0.1) is 18.2 Å². The van der Waals surface area contributed by atoms with E-state index >= 15 is 0 Å². The minimum atomic E-state index is -1.44. The van der Waals surface area contributed by atoms with Crippen LogP contribution in [0.4, 0.5) is 8.78 Å². The van der Waals surface area contributed by atoms with Crippen LogP contribution >= 0.6 is 11.6 Å². The summed E-state index contributed by atoms with van der Waals surface area (Å²) >= 11 is 6.11. The molecule has 5 heteroatoms. The number of hydrogen-bond acceptors (Lipinski definition) is 2. The van der Waals surface area contributed by atoms with Gasteiger partial charge in [0.2, 0.25) is 0 Å². The van der Waals surface area contributed by atoms with E-state index in [1.807, 2.05) is 25.1 Å². The summed E-state index contributed by atoms with van der Waals surface area (Å²) in [4.78, 5) is 0. The van der Waals surface area contributed by atoms with E-state index in [0.29, 0.717) is 18.4 Å². The topological polar surface area (TPSA) is 18.5 Å². The van der Waals surface area contributed by atoms with Crippen molar-refractivity contribution in [3.8, 4) is 0 Å². The fourth-order valence-corrected chi connectivity index (χ4v) is 2.65. The van der Waals surface area contributed by atoms with Crippen LogP contribution in [0.25, 0.3) is 6.08 Å². The third kappa shape index (κ3) is 4.88. The zero-order valence-corrected chi connectivity index (χ0v) is 14.8. The number of hydrogen-bond donors (Lipinski definition) is 0. The Morgan fingerprint density at radius 1 is 1.33 bits per heavy atom. The van der Waals surface area contributed by atoms with Crippen molar-refractivity contribution >= 4 is 17.7 Å². The maximum Gasteiger partial charge on any atom is 0.177 e. The second-order valence-corrected chi connectivity index (χ2v) is 6.28. The Hall–Kier alpha value is -1.23. The lowest BCUT2D eigenvalue weighted by Crippen LogP contribution is -2.42. The normalized spacial score (nSPS) is 25.0. The molecule has 0 radical (unpaired) electrons. The van der Waals surface area contributed by atoms with E-state index in [4.69, 9.17) is 21.1 Å². The number of aryl methyl sites for hydroxylation is 1. The van der Waals surface area contributed by atoms with Crippen LogP contribution in [0.15, 0.2) is 30.4 Å². The molecular weight excluding hydrogens is 334 g/mol. The van der Waals surface area contributed by atoms with Gasteiger partial charge in [-0.25, -0.2) is 8.78 Å². The van der Waals surface area contributed by atoms with Gasteiger partial charge in [-0.3, -0.25) is 0 Å². The van der Waals surface area contributed by atoms with Crippen LogP contribution in [0.1, 0.15) is 37.8 Å². The first-order valence-electron chi connectivity index (χ1n) is 8.17. The summed E-state index contributed by atoms with van der Waals surface area (Å²) in [6, 6.07) is 3.50. The fraction of sp³-hybridized carbons (Fsp3) is 0.474. The second kappa shape index (κ2) is 8.75. The molecule has 0 amide bonds. The molecule has 0 aromatic heterocycles. The molecule has 0 N–H and O–H groups in total. The van der Waals surface area contributed by atoms with Crippen molar-refractivity contribution in [2.24, 2.45) is 0 Å². The Balaban J connectivity index is 2.01. The van der Waals surface area contributed by atoms with Gasteiger partial charge in [0.1, 0.15) is 5.82 Å². The minimum Gasteiger partial charge on any atom is -0.346 e. The summed E-state index contributed by atoms with van der Waals surface area (Å²) in [5.41, 5.74) is -0.303. The fourth-order valence-electron chi connectivity index (χ4n) is 2.38. The summed E-state index contributed by atoms with van der Waals surface area (Å²) in [5.74, 6) is -0.463. The molecule has 0 unspecified atom stereocenters. The van der Waals surface area contributed by atoms with Crippen LogP contribution in [-0.2, 0) is 15.9 Å². The van der Waals surface area contributed by atoms with Crippen molar-refractivity contribution in [2.45, 2.75) is 45.1 Å². The van der Waals surface area contributed by atoms with Crippen LogP contribution < -0.4 is 0 Å². The van der Waals surface area contributed by atoms with Gasteiger partial charge in [-0.2, -0.15) is 0 Å². The van der Waals surface area contributed by atoms with Crippen LogP contribution in [0, 0.1) is 5.82 Å². The van der Waals surface area contributed by atoms with Crippen LogP contribution in [0.3, 0.4) is 0 Å². The molecule has 2 rings (SSSR count). The number of allylic oxidation sites excluding steroid dienone is 2. The molecule has 1 aromatic carbocycles. The van der Waals surface area contributed by atoms with Gasteiger partial charge in [-0.05, 0) is 37.8 Å². The van der Waals surface area contributed by atoms with E-state index in [1.165, 1.54) is 0 Å². The van der Waals surface area contributed by atoms with Crippen molar-refractivity contribution in [1.82, 2.24) is 0 Å². The summed E-state index contributed by atoms with van der Waals surface area (Å²) in [7, 11) is 0. The lowest BCUT2D eigenvalue weighted by Gasteiger charge is -2.32. The summed E-state index contributed by atoms with van der Waals surface area (Å²) in [5, 5.41) is 0.140. The lowest BCUT2D eigenvalue weighted by atomic mass is 10.0.